The van der Waals surface area contributed by atoms with Crippen LogP contribution in [0, 0.1) is 17.1 Å². The maximum atomic E-state index is 13.2. The Bertz CT molecular complexity index is 511. The fraction of sp³-hybridized carbons (Fsp3) is 0.533. The highest BCUT2D eigenvalue weighted by molar-refractivity contribution is 5.37. The summed E-state index contributed by atoms with van der Waals surface area (Å²) in [6.45, 7) is 6.21. The monoisotopic (exact) mass is 278 g/mol. The van der Waals surface area contributed by atoms with Crippen LogP contribution in [0.2, 0.25) is 0 Å². The van der Waals surface area contributed by atoms with Crippen LogP contribution in [0.1, 0.15) is 25.0 Å². The first-order chi connectivity index (χ1) is 9.50. The van der Waals surface area contributed by atoms with Crippen LogP contribution in [0.3, 0.4) is 0 Å². The van der Waals surface area contributed by atoms with Crippen molar-refractivity contribution in [2.75, 3.05) is 19.7 Å². The molecule has 1 fully saturated rings. The van der Waals surface area contributed by atoms with Gasteiger partial charge in [0, 0.05) is 13.1 Å². The van der Waals surface area contributed by atoms with Gasteiger partial charge in [-0.15, -0.1) is 0 Å². The number of nitrogens with one attached hydrogen (secondary N) is 1. The molecule has 2 rings (SSSR count). The van der Waals surface area contributed by atoms with Crippen LogP contribution in [0.15, 0.2) is 18.2 Å². The first kappa shape index (κ1) is 14.9. The van der Waals surface area contributed by atoms with Gasteiger partial charge in [0.15, 0.2) is 0 Å². The summed E-state index contributed by atoms with van der Waals surface area (Å²) in [5, 5.41) is 12.3. The van der Waals surface area contributed by atoms with E-state index in [0.717, 1.165) is 13.1 Å². The fourth-order valence-corrected chi connectivity index (χ4v) is 2.25. The topological polar surface area (TPSA) is 54.3 Å². The summed E-state index contributed by atoms with van der Waals surface area (Å²) in [6, 6.07) is 6.11. The zero-order chi connectivity index (χ0) is 14.6. The molecule has 0 aliphatic carbocycles. The van der Waals surface area contributed by atoms with E-state index in [4.69, 9.17) is 14.7 Å². The standard InChI is InChI=1S/C15H19FN2O2/c1-15(2)10-18-7-14(20-15)9-19-8-12-5-13(16)4-3-11(12)6-17/h3-5,14,18H,7-10H2,1-2H3. The maximum absolute atomic E-state index is 13.2. The molecule has 1 heterocycles. The van der Waals surface area contributed by atoms with Crippen molar-refractivity contribution in [2.24, 2.45) is 0 Å². The van der Waals surface area contributed by atoms with Crippen molar-refractivity contribution in [3.63, 3.8) is 0 Å². The Kier molecular flexibility index (Phi) is 4.71. The number of hydrogen-bond donors (Lipinski definition) is 1. The number of morpholine rings is 1. The van der Waals surface area contributed by atoms with E-state index >= 15 is 0 Å². The van der Waals surface area contributed by atoms with Gasteiger partial charge in [-0.2, -0.15) is 5.26 Å². The number of benzene rings is 1. The Hall–Kier alpha value is -1.48. The number of halogens is 1. The Balaban J connectivity index is 1.87. The molecule has 1 unspecified atom stereocenters. The summed E-state index contributed by atoms with van der Waals surface area (Å²) in [5.41, 5.74) is 0.799. The summed E-state index contributed by atoms with van der Waals surface area (Å²) in [7, 11) is 0. The lowest BCUT2D eigenvalue weighted by Crippen LogP contribution is -2.51. The number of hydrogen-bond acceptors (Lipinski definition) is 4. The van der Waals surface area contributed by atoms with Crippen LogP contribution in [-0.2, 0) is 16.1 Å². The minimum Gasteiger partial charge on any atom is -0.374 e. The molecule has 1 aliphatic heterocycles. The van der Waals surface area contributed by atoms with E-state index in [-0.39, 0.29) is 24.1 Å². The molecule has 1 aromatic rings. The van der Waals surface area contributed by atoms with Crippen molar-refractivity contribution in [1.29, 1.82) is 5.26 Å². The number of nitrogens with zero attached hydrogens (tertiary/aromatic N) is 1. The van der Waals surface area contributed by atoms with Gasteiger partial charge in [-0.25, -0.2) is 4.39 Å². The van der Waals surface area contributed by atoms with Crippen molar-refractivity contribution < 1.29 is 13.9 Å². The third kappa shape index (κ3) is 4.01. The van der Waals surface area contributed by atoms with Crippen molar-refractivity contribution in [3.8, 4) is 6.07 Å². The largest absolute Gasteiger partial charge is 0.374 e. The van der Waals surface area contributed by atoms with Crippen LogP contribution in [0.25, 0.3) is 0 Å². The third-order valence-corrected chi connectivity index (χ3v) is 3.16. The zero-order valence-corrected chi connectivity index (χ0v) is 11.8. The Morgan fingerprint density at radius 3 is 3.05 bits per heavy atom. The molecule has 1 atom stereocenters. The summed E-state index contributed by atoms with van der Waals surface area (Å²) in [4.78, 5) is 0. The SMILES string of the molecule is CC1(C)CNCC(COCc2cc(F)ccc2C#N)O1. The number of nitriles is 1. The van der Waals surface area contributed by atoms with Crippen LogP contribution in [-0.4, -0.2) is 31.4 Å². The van der Waals surface area contributed by atoms with Gasteiger partial charge in [-0.05, 0) is 37.6 Å². The van der Waals surface area contributed by atoms with Crippen LogP contribution in [0.4, 0.5) is 4.39 Å². The predicted octanol–water partition coefficient (Wildman–Crippen LogP) is 1.98. The lowest BCUT2D eigenvalue weighted by molar-refractivity contribution is -0.122. The van der Waals surface area contributed by atoms with Crippen LogP contribution in [0.5, 0.6) is 0 Å². The van der Waals surface area contributed by atoms with Gasteiger partial charge in [-0.3, -0.25) is 0 Å². The first-order valence-electron chi connectivity index (χ1n) is 6.65. The molecule has 1 aliphatic rings. The summed E-state index contributed by atoms with van der Waals surface area (Å²) < 4.78 is 24.6. The maximum Gasteiger partial charge on any atom is 0.123 e. The average molecular weight is 278 g/mol. The molecule has 1 aromatic carbocycles. The van der Waals surface area contributed by atoms with E-state index in [2.05, 4.69) is 5.32 Å². The number of rotatable bonds is 4. The fourth-order valence-electron chi connectivity index (χ4n) is 2.25. The van der Waals surface area contributed by atoms with Crippen molar-refractivity contribution in [3.05, 3.63) is 35.1 Å². The van der Waals surface area contributed by atoms with Crippen molar-refractivity contribution in [2.45, 2.75) is 32.2 Å². The van der Waals surface area contributed by atoms with E-state index in [1.165, 1.54) is 18.2 Å². The van der Waals surface area contributed by atoms with Gasteiger partial charge in [-0.1, -0.05) is 0 Å². The molecule has 20 heavy (non-hydrogen) atoms. The second-order valence-corrected chi connectivity index (χ2v) is 5.56. The lowest BCUT2D eigenvalue weighted by Gasteiger charge is -2.36. The first-order valence-corrected chi connectivity index (χ1v) is 6.65. The lowest BCUT2D eigenvalue weighted by atomic mass is 10.1. The highest BCUT2D eigenvalue weighted by Gasteiger charge is 2.28. The normalized spacial score (nSPS) is 21.4. The second kappa shape index (κ2) is 6.31. The molecular formula is C15H19FN2O2. The van der Waals surface area contributed by atoms with Gasteiger partial charge < -0.3 is 14.8 Å². The van der Waals surface area contributed by atoms with Gasteiger partial charge in [0.2, 0.25) is 0 Å². The quantitative estimate of drug-likeness (QED) is 0.915. The van der Waals surface area contributed by atoms with Crippen molar-refractivity contribution in [1.82, 2.24) is 5.32 Å². The molecule has 0 bridgehead atoms. The Morgan fingerprint density at radius 1 is 1.55 bits per heavy atom. The average Bonchev–Trinajstić information content (AvgIpc) is 2.38. The Labute approximate surface area is 118 Å². The molecule has 4 nitrogen and oxygen atoms in total. The second-order valence-electron chi connectivity index (χ2n) is 5.56. The van der Waals surface area contributed by atoms with Crippen LogP contribution >= 0.6 is 0 Å². The van der Waals surface area contributed by atoms with E-state index < -0.39 is 0 Å². The van der Waals surface area contributed by atoms with Gasteiger partial charge in [0.1, 0.15) is 5.82 Å². The molecule has 0 spiro atoms. The number of ether oxygens (including phenoxy) is 2. The highest BCUT2D eigenvalue weighted by atomic mass is 19.1. The smallest absolute Gasteiger partial charge is 0.123 e. The molecule has 5 heteroatoms. The Morgan fingerprint density at radius 2 is 2.35 bits per heavy atom. The van der Waals surface area contributed by atoms with Gasteiger partial charge in [0.25, 0.3) is 0 Å². The minimum atomic E-state index is -0.362. The van der Waals surface area contributed by atoms with E-state index in [9.17, 15) is 4.39 Å². The molecule has 0 amide bonds. The zero-order valence-electron chi connectivity index (χ0n) is 11.8. The molecule has 0 radical (unpaired) electrons. The molecule has 0 aromatic heterocycles. The predicted molar refractivity (Wildman–Crippen MR) is 72.6 cm³/mol. The van der Waals surface area contributed by atoms with Crippen molar-refractivity contribution >= 4 is 0 Å². The van der Waals surface area contributed by atoms with E-state index in [1.807, 2.05) is 19.9 Å². The minimum absolute atomic E-state index is 0.0298. The molecule has 1 N–H and O–H groups in total. The van der Waals surface area contributed by atoms with Crippen LogP contribution < -0.4 is 5.32 Å². The molecule has 1 saturated heterocycles. The van der Waals surface area contributed by atoms with E-state index in [1.54, 1.807) is 0 Å². The molecule has 0 saturated carbocycles. The summed E-state index contributed by atoms with van der Waals surface area (Å²) in [6.07, 6.45) is -0.0298. The van der Waals surface area contributed by atoms with E-state index in [0.29, 0.717) is 17.7 Å². The molecular weight excluding hydrogens is 259 g/mol. The van der Waals surface area contributed by atoms with Gasteiger partial charge in [0.05, 0.1) is 36.6 Å². The van der Waals surface area contributed by atoms with Gasteiger partial charge >= 0.3 is 0 Å². The third-order valence-electron chi connectivity index (χ3n) is 3.16. The molecule has 108 valence electrons. The summed E-state index contributed by atoms with van der Waals surface area (Å²) in [5.74, 6) is -0.362. The summed E-state index contributed by atoms with van der Waals surface area (Å²) >= 11 is 0. The highest BCUT2D eigenvalue weighted by Crippen LogP contribution is 2.16.